The van der Waals surface area contributed by atoms with E-state index in [2.05, 4.69) is 31.3 Å². The molecule has 0 spiro atoms. The molecule has 3 N–H and O–H groups in total. The van der Waals surface area contributed by atoms with Crippen LogP contribution in [0.2, 0.25) is 0 Å². The van der Waals surface area contributed by atoms with Gasteiger partial charge >= 0.3 is 5.97 Å². The van der Waals surface area contributed by atoms with E-state index in [1.165, 1.54) is 276 Å². The van der Waals surface area contributed by atoms with Crippen LogP contribution < -0.4 is 5.32 Å². The van der Waals surface area contributed by atoms with Crippen molar-refractivity contribution in [2.24, 2.45) is 0 Å². The normalized spacial score (nSPS) is 12.6. The molecular weight excluding hydrogens is 839 g/mol. The Hall–Kier alpha value is -1.40. The molecule has 0 fully saturated rings. The van der Waals surface area contributed by atoms with E-state index in [0.29, 0.717) is 25.9 Å². The molecule has 0 rings (SSSR count). The van der Waals surface area contributed by atoms with Gasteiger partial charge in [-0.25, -0.2) is 0 Å². The van der Waals surface area contributed by atoms with Gasteiger partial charge < -0.3 is 20.3 Å². The average Bonchev–Trinajstić information content (AvgIpc) is 3.34. The van der Waals surface area contributed by atoms with Gasteiger partial charge in [0.25, 0.3) is 0 Å². The smallest absolute Gasteiger partial charge is 0.305 e. The molecule has 2 atom stereocenters. The van der Waals surface area contributed by atoms with E-state index in [-0.39, 0.29) is 18.5 Å². The molecule has 0 aromatic heterocycles. The van der Waals surface area contributed by atoms with Crippen LogP contribution in [-0.2, 0) is 14.3 Å². The zero-order chi connectivity index (χ0) is 49.3. The molecule has 0 aromatic rings. The topological polar surface area (TPSA) is 95.9 Å². The summed E-state index contributed by atoms with van der Waals surface area (Å²) in [6, 6.07) is -0.541. The summed E-state index contributed by atoms with van der Waals surface area (Å²) in [6.07, 6.45) is 69.4. The summed E-state index contributed by atoms with van der Waals surface area (Å²) in [5.74, 6) is -0.0197. The van der Waals surface area contributed by atoms with E-state index < -0.39 is 12.1 Å². The number of aliphatic hydroxyl groups is 2. The lowest BCUT2D eigenvalue weighted by Gasteiger charge is -2.22. The SMILES string of the molecule is CCCCCCCCCCCCCCCC(O)C(CO)NC(=O)CCCCCCCCCCCC/C=C\CCCCCCCCCCCCCCOC(=O)CCCCCCCCCCCCCC. The molecule has 0 heterocycles. The molecular formula is C62H121NO5. The number of nitrogens with one attached hydrogen (secondary N) is 1. The van der Waals surface area contributed by atoms with Crippen molar-refractivity contribution < 1.29 is 24.5 Å². The predicted octanol–water partition coefficient (Wildman–Crippen LogP) is 19.2. The van der Waals surface area contributed by atoms with Crippen LogP contribution in [0.15, 0.2) is 12.2 Å². The van der Waals surface area contributed by atoms with Crippen LogP contribution in [0, 0.1) is 0 Å². The minimum Gasteiger partial charge on any atom is -0.466 e. The average molecular weight is 961 g/mol. The van der Waals surface area contributed by atoms with E-state index >= 15 is 0 Å². The highest BCUT2D eigenvalue weighted by molar-refractivity contribution is 5.76. The zero-order valence-electron chi connectivity index (χ0n) is 46.1. The van der Waals surface area contributed by atoms with Crippen LogP contribution in [0.5, 0.6) is 0 Å². The lowest BCUT2D eigenvalue weighted by molar-refractivity contribution is -0.143. The minimum atomic E-state index is -0.664. The quantitative estimate of drug-likeness (QED) is 0.0321. The zero-order valence-corrected chi connectivity index (χ0v) is 46.1. The first kappa shape index (κ1) is 66.6. The summed E-state index contributed by atoms with van der Waals surface area (Å²) in [4.78, 5) is 24.5. The summed E-state index contributed by atoms with van der Waals surface area (Å²) in [7, 11) is 0. The molecule has 0 aromatic carbocycles. The highest BCUT2D eigenvalue weighted by Crippen LogP contribution is 2.18. The summed E-state index contributed by atoms with van der Waals surface area (Å²) in [5, 5.41) is 23.2. The molecule has 6 nitrogen and oxygen atoms in total. The predicted molar refractivity (Wildman–Crippen MR) is 297 cm³/mol. The maximum Gasteiger partial charge on any atom is 0.305 e. The number of hydrogen-bond donors (Lipinski definition) is 3. The largest absolute Gasteiger partial charge is 0.466 e. The summed E-state index contributed by atoms with van der Waals surface area (Å²) in [5.41, 5.74) is 0. The van der Waals surface area contributed by atoms with Crippen LogP contribution in [0.25, 0.3) is 0 Å². The Morgan fingerprint density at radius 3 is 1.04 bits per heavy atom. The van der Waals surface area contributed by atoms with Crippen LogP contribution in [0.3, 0.4) is 0 Å². The third-order valence-electron chi connectivity index (χ3n) is 14.6. The Kier molecular flexibility index (Phi) is 57.0. The summed E-state index contributed by atoms with van der Waals surface area (Å²) < 4.78 is 5.47. The highest BCUT2D eigenvalue weighted by atomic mass is 16.5. The van der Waals surface area contributed by atoms with Gasteiger partial charge in [0.1, 0.15) is 0 Å². The van der Waals surface area contributed by atoms with Gasteiger partial charge in [-0.05, 0) is 51.4 Å². The van der Waals surface area contributed by atoms with E-state index in [9.17, 15) is 19.8 Å². The monoisotopic (exact) mass is 960 g/mol. The number of aliphatic hydroxyl groups excluding tert-OH is 2. The lowest BCUT2D eigenvalue weighted by atomic mass is 10.0. The van der Waals surface area contributed by atoms with Crippen molar-refractivity contribution in [3.8, 4) is 0 Å². The minimum absolute atomic E-state index is 0.0155. The fourth-order valence-corrected chi connectivity index (χ4v) is 9.81. The number of carbonyl (C=O) groups is 2. The van der Waals surface area contributed by atoms with Gasteiger partial charge in [0.15, 0.2) is 0 Å². The fraction of sp³-hybridized carbons (Fsp3) is 0.935. The van der Waals surface area contributed by atoms with Gasteiger partial charge in [0.2, 0.25) is 5.91 Å². The Morgan fingerprint density at radius 2 is 0.691 bits per heavy atom. The number of allylic oxidation sites excluding steroid dienone is 2. The number of rotatable bonds is 58. The molecule has 2 unspecified atom stereocenters. The van der Waals surface area contributed by atoms with Crippen molar-refractivity contribution in [1.82, 2.24) is 5.32 Å². The number of ether oxygens (including phenoxy) is 1. The second-order valence-corrected chi connectivity index (χ2v) is 21.4. The second kappa shape index (κ2) is 58.2. The van der Waals surface area contributed by atoms with Crippen molar-refractivity contribution >= 4 is 11.9 Å². The van der Waals surface area contributed by atoms with E-state index in [1.54, 1.807) is 0 Å². The van der Waals surface area contributed by atoms with Crippen LogP contribution in [0.4, 0.5) is 0 Å². The van der Waals surface area contributed by atoms with Crippen LogP contribution >= 0.6 is 0 Å². The molecule has 0 aliphatic heterocycles. The van der Waals surface area contributed by atoms with Gasteiger partial charge in [0.05, 0.1) is 25.4 Å². The van der Waals surface area contributed by atoms with Gasteiger partial charge in [0, 0.05) is 12.8 Å². The summed E-state index contributed by atoms with van der Waals surface area (Å²) in [6.45, 7) is 4.97. The first-order chi connectivity index (χ1) is 33.5. The Bertz CT molecular complexity index is 1020. The molecule has 68 heavy (non-hydrogen) atoms. The van der Waals surface area contributed by atoms with E-state index in [0.717, 1.165) is 38.5 Å². The molecule has 0 radical (unpaired) electrons. The van der Waals surface area contributed by atoms with Gasteiger partial charge in [-0.1, -0.05) is 296 Å². The maximum atomic E-state index is 12.5. The molecule has 1 amide bonds. The van der Waals surface area contributed by atoms with Gasteiger partial charge in [-0.2, -0.15) is 0 Å². The van der Waals surface area contributed by atoms with Crippen LogP contribution in [-0.4, -0.2) is 47.4 Å². The summed E-state index contributed by atoms with van der Waals surface area (Å²) >= 11 is 0. The van der Waals surface area contributed by atoms with Gasteiger partial charge in [-0.15, -0.1) is 0 Å². The Balaban J connectivity index is 3.37. The molecule has 6 heteroatoms. The van der Waals surface area contributed by atoms with Crippen molar-refractivity contribution in [2.45, 2.75) is 360 Å². The molecule has 0 saturated carbocycles. The first-order valence-electron chi connectivity index (χ1n) is 30.9. The van der Waals surface area contributed by atoms with E-state index in [1.807, 2.05) is 0 Å². The molecule has 0 bridgehead atoms. The number of hydrogen-bond acceptors (Lipinski definition) is 5. The molecule has 0 aliphatic carbocycles. The third kappa shape index (κ3) is 53.9. The van der Waals surface area contributed by atoms with Crippen molar-refractivity contribution in [1.29, 1.82) is 0 Å². The van der Waals surface area contributed by atoms with Crippen molar-refractivity contribution in [3.05, 3.63) is 12.2 Å². The van der Waals surface area contributed by atoms with Crippen LogP contribution in [0.1, 0.15) is 348 Å². The number of esters is 1. The number of unbranched alkanes of at least 4 members (excludes halogenated alkanes) is 45. The fourth-order valence-electron chi connectivity index (χ4n) is 9.81. The molecule has 0 aliphatic rings. The standard InChI is InChI=1S/C62H121NO5/c1-3-5-7-9-11-13-15-31-34-38-42-46-50-54-60(65)59(58-64)63-61(66)55-51-47-43-39-35-32-29-27-25-23-21-19-17-18-20-22-24-26-28-30-33-37-41-45-49-53-57-68-62(67)56-52-48-44-40-36-16-14-12-10-8-6-4-2/h17,19,59-60,64-65H,3-16,18,20-58H2,1-2H3,(H,63,66)/b19-17-. The Labute approximate surface area is 425 Å². The molecule has 404 valence electrons. The van der Waals surface area contributed by atoms with Gasteiger partial charge in [-0.3, -0.25) is 9.59 Å². The maximum absolute atomic E-state index is 12.5. The first-order valence-corrected chi connectivity index (χ1v) is 30.9. The second-order valence-electron chi connectivity index (χ2n) is 21.4. The highest BCUT2D eigenvalue weighted by Gasteiger charge is 2.20. The Morgan fingerprint density at radius 1 is 0.397 bits per heavy atom. The lowest BCUT2D eigenvalue weighted by Crippen LogP contribution is -2.45. The molecule has 0 saturated heterocycles. The number of amides is 1. The van der Waals surface area contributed by atoms with Crippen molar-refractivity contribution in [3.63, 3.8) is 0 Å². The third-order valence-corrected chi connectivity index (χ3v) is 14.6. The van der Waals surface area contributed by atoms with Crippen molar-refractivity contribution in [2.75, 3.05) is 13.2 Å². The number of carbonyl (C=O) groups excluding carboxylic acids is 2. The van der Waals surface area contributed by atoms with E-state index in [4.69, 9.17) is 4.74 Å².